The topological polar surface area (TPSA) is 82.2 Å². The molecule has 2 aliphatic heterocycles. The van der Waals surface area contributed by atoms with Crippen LogP contribution < -0.4 is 15.1 Å². The van der Waals surface area contributed by atoms with Crippen molar-refractivity contribution in [2.75, 3.05) is 55.5 Å². The summed E-state index contributed by atoms with van der Waals surface area (Å²) in [6, 6.07) is 12.5. The highest BCUT2D eigenvalue weighted by atomic mass is 32.2. The molecule has 1 atom stereocenters. The molecule has 0 bridgehead atoms. The summed E-state index contributed by atoms with van der Waals surface area (Å²) in [5.41, 5.74) is 3.42. The molecule has 8 nitrogen and oxygen atoms in total. The molecule has 1 N–H and O–H groups in total. The van der Waals surface area contributed by atoms with Crippen LogP contribution >= 0.6 is 0 Å². The molecule has 2 amide bonds. The molecule has 4 rings (SSSR count). The first-order valence-electron chi connectivity index (χ1n) is 10.4. The zero-order chi connectivity index (χ0) is 22.2. The van der Waals surface area contributed by atoms with E-state index in [1.165, 1.54) is 18.4 Å². The van der Waals surface area contributed by atoms with Crippen LogP contribution in [-0.2, 0) is 21.2 Å². The summed E-state index contributed by atoms with van der Waals surface area (Å²) >= 11 is 0. The van der Waals surface area contributed by atoms with Gasteiger partial charge in [-0.2, -0.15) is 0 Å². The van der Waals surface area contributed by atoms with E-state index in [9.17, 15) is 13.2 Å². The van der Waals surface area contributed by atoms with Gasteiger partial charge in [0.05, 0.1) is 18.1 Å². The van der Waals surface area contributed by atoms with Gasteiger partial charge in [-0.15, -0.1) is 0 Å². The summed E-state index contributed by atoms with van der Waals surface area (Å²) in [4.78, 5) is 17.2. The molecule has 0 spiro atoms. The van der Waals surface area contributed by atoms with E-state index >= 15 is 0 Å². The molecular formula is C22H28N4O4S. The fourth-order valence-electron chi connectivity index (χ4n) is 4.05. The second-order valence-corrected chi connectivity index (χ2v) is 10.2. The monoisotopic (exact) mass is 444 g/mol. The number of carbonyl (C=O) groups excluding carboxylic acids is 1. The van der Waals surface area contributed by atoms with Crippen LogP contribution in [-0.4, -0.2) is 65.2 Å². The van der Waals surface area contributed by atoms with Gasteiger partial charge in [-0.25, -0.2) is 17.5 Å². The van der Waals surface area contributed by atoms with Gasteiger partial charge >= 0.3 is 6.03 Å². The van der Waals surface area contributed by atoms with Crippen molar-refractivity contribution in [1.29, 1.82) is 0 Å². The van der Waals surface area contributed by atoms with Crippen LogP contribution in [0.3, 0.4) is 0 Å². The number of benzene rings is 2. The molecule has 1 unspecified atom stereocenters. The molecule has 2 aromatic carbocycles. The third-order valence-corrected chi connectivity index (χ3v) is 7.57. The summed E-state index contributed by atoms with van der Waals surface area (Å²) in [6.07, 6.45) is 0.607. The van der Waals surface area contributed by atoms with Crippen LogP contribution in [0.15, 0.2) is 47.4 Å². The Morgan fingerprint density at radius 1 is 1.10 bits per heavy atom. The average Bonchev–Trinajstić information content (AvgIpc) is 3.09. The van der Waals surface area contributed by atoms with E-state index in [1.54, 1.807) is 23.1 Å². The smallest absolute Gasteiger partial charge is 0.326 e. The number of hydrogen-bond acceptors (Lipinski definition) is 5. The van der Waals surface area contributed by atoms with Crippen molar-refractivity contribution in [1.82, 2.24) is 4.31 Å². The van der Waals surface area contributed by atoms with E-state index in [0.29, 0.717) is 6.42 Å². The zero-order valence-corrected chi connectivity index (χ0v) is 18.9. The van der Waals surface area contributed by atoms with Gasteiger partial charge in [0.15, 0.2) is 0 Å². The summed E-state index contributed by atoms with van der Waals surface area (Å²) in [6.45, 7) is 5.13. The van der Waals surface area contributed by atoms with E-state index < -0.39 is 10.0 Å². The molecule has 9 heteroatoms. The van der Waals surface area contributed by atoms with E-state index in [-0.39, 0.29) is 17.0 Å². The van der Waals surface area contributed by atoms with Crippen LogP contribution in [0.1, 0.15) is 12.5 Å². The summed E-state index contributed by atoms with van der Waals surface area (Å²) in [5, 5.41) is 2.97. The largest absolute Gasteiger partial charge is 0.378 e. The SMILES string of the molecule is CC1Cc2cc(S(=O)(=O)N(C)C)ccc2N1C(=O)Nc1ccc(N2CCOCC2)cc1. The van der Waals surface area contributed by atoms with Crippen LogP contribution in [0.2, 0.25) is 0 Å². The third kappa shape index (κ3) is 4.26. The number of nitrogens with zero attached hydrogens (tertiary/aromatic N) is 3. The van der Waals surface area contributed by atoms with Crippen molar-refractivity contribution in [3.8, 4) is 0 Å². The predicted molar refractivity (Wildman–Crippen MR) is 121 cm³/mol. The quantitative estimate of drug-likeness (QED) is 0.784. The second kappa shape index (κ2) is 8.49. The summed E-state index contributed by atoms with van der Waals surface area (Å²) in [7, 11) is -0.495. The fourth-order valence-corrected chi connectivity index (χ4v) is 5.00. The highest BCUT2D eigenvalue weighted by Crippen LogP contribution is 2.35. The first-order valence-corrected chi connectivity index (χ1v) is 11.8. The van der Waals surface area contributed by atoms with Gasteiger partial charge in [0, 0.05) is 50.3 Å². The van der Waals surface area contributed by atoms with Gasteiger partial charge in [-0.1, -0.05) is 0 Å². The maximum atomic E-state index is 13.0. The maximum Gasteiger partial charge on any atom is 0.326 e. The van der Waals surface area contributed by atoms with Crippen molar-refractivity contribution in [2.24, 2.45) is 0 Å². The third-order valence-electron chi connectivity index (χ3n) is 5.76. The Kier molecular flexibility index (Phi) is 5.92. The molecule has 2 heterocycles. The lowest BCUT2D eigenvalue weighted by Gasteiger charge is -2.29. The maximum absolute atomic E-state index is 13.0. The minimum atomic E-state index is -3.51. The number of sulfonamides is 1. The Balaban J connectivity index is 1.50. The van der Waals surface area contributed by atoms with Crippen LogP contribution in [0.5, 0.6) is 0 Å². The first-order chi connectivity index (χ1) is 14.8. The van der Waals surface area contributed by atoms with Gasteiger partial charge in [-0.05, 0) is 61.4 Å². The zero-order valence-electron chi connectivity index (χ0n) is 18.0. The molecule has 1 saturated heterocycles. The molecule has 31 heavy (non-hydrogen) atoms. The van der Waals surface area contributed by atoms with E-state index in [0.717, 1.165) is 48.9 Å². The number of anilines is 3. The number of carbonyl (C=O) groups is 1. The molecule has 0 radical (unpaired) electrons. The summed E-state index contributed by atoms with van der Waals surface area (Å²) in [5.74, 6) is 0. The predicted octanol–water partition coefficient (Wildman–Crippen LogP) is 2.76. The molecule has 2 aromatic rings. The lowest BCUT2D eigenvalue weighted by molar-refractivity contribution is 0.122. The molecule has 0 saturated carbocycles. The number of amides is 2. The fraction of sp³-hybridized carbons (Fsp3) is 0.409. The highest BCUT2D eigenvalue weighted by molar-refractivity contribution is 7.89. The van der Waals surface area contributed by atoms with E-state index in [2.05, 4.69) is 10.2 Å². The van der Waals surface area contributed by atoms with Gasteiger partial charge < -0.3 is 15.0 Å². The lowest BCUT2D eigenvalue weighted by Crippen LogP contribution is -2.39. The van der Waals surface area contributed by atoms with Gasteiger partial charge in [-0.3, -0.25) is 4.90 Å². The number of rotatable bonds is 4. The van der Waals surface area contributed by atoms with Crippen molar-refractivity contribution < 1.29 is 17.9 Å². The van der Waals surface area contributed by atoms with Crippen molar-refractivity contribution in [2.45, 2.75) is 24.3 Å². The van der Waals surface area contributed by atoms with Crippen LogP contribution in [0, 0.1) is 0 Å². The Morgan fingerprint density at radius 2 is 1.77 bits per heavy atom. The van der Waals surface area contributed by atoms with Crippen LogP contribution in [0.25, 0.3) is 0 Å². The Bertz CT molecular complexity index is 1060. The number of fused-ring (bicyclic) bond motifs is 1. The average molecular weight is 445 g/mol. The van der Waals surface area contributed by atoms with Crippen molar-refractivity contribution in [3.63, 3.8) is 0 Å². The molecular weight excluding hydrogens is 416 g/mol. The standard InChI is InChI=1S/C22H28N4O4S/c1-16-14-17-15-20(31(28,29)24(2)3)8-9-21(17)26(16)22(27)23-18-4-6-19(7-5-18)25-10-12-30-13-11-25/h4-9,15-16H,10-14H2,1-3H3,(H,23,27). The molecule has 0 aromatic heterocycles. The molecule has 166 valence electrons. The molecule has 1 fully saturated rings. The molecule has 0 aliphatic carbocycles. The second-order valence-electron chi connectivity index (χ2n) is 8.08. The molecule has 2 aliphatic rings. The van der Waals surface area contributed by atoms with E-state index in [4.69, 9.17) is 4.74 Å². The Morgan fingerprint density at radius 3 is 2.42 bits per heavy atom. The van der Waals surface area contributed by atoms with Crippen LogP contribution in [0.4, 0.5) is 21.9 Å². The number of urea groups is 1. The number of morpholine rings is 1. The highest BCUT2D eigenvalue weighted by Gasteiger charge is 2.32. The Labute approximate surface area is 183 Å². The number of nitrogens with one attached hydrogen (secondary N) is 1. The number of ether oxygens (including phenoxy) is 1. The van der Waals surface area contributed by atoms with Crippen molar-refractivity contribution in [3.05, 3.63) is 48.0 Å². The van der Waals surface area contributed by atoms with Gasteiger partial charge in [0.2, 0.25) is 10.0 Å². The van der Waals surface area contributed by atoms with E-state index in [1.807, 2.05) is 31.2 Å². The Hall–Kier alpha value is -2.62. The minimum Gasteiger partial charge on any atom is -0.378 e. The first kappa shape index (κ1) is 21.6. The van der Waals surface area contributed by atoms with Crippen molar-refractivity contribution >= 4 is 33.1 Å². The lowest BCUT2D eigenvalue weighted by atomic mass is 10.1. The summed E-state index contributed by atoms with van der Waals surface area (Å²) < 4.78 is 31.5. The normalized spacial score (nSPS) is 18.9. The van der Waals surface area contributed by atoms with Gasteiger partial charge in [0.1, 0.15) is 0 Å². The number of hydrogen-bond donors (Lipinski definition) is 1. The minimum absolute atomic E-state index is 0.0695. The van der Waals surface area contributed by atoms with Gasteiger partial charge in [0.25, 0.3) is 0 Å².